The molecule has 1 radical (unpaired) electrons. The van der Waals surface area contributed by atoms with Crippen molar-refractivity contribution in [1.29, 1.82) is 0 Å². The molecular weight excluding hydrogens is 76.1 g/mol. The Hall–Kier alpha value is -0.300. The molecule has 6 heavy (non-hydrogen) atoms. The zero-order valence-electron chi connectivity index (χ0n) is 3.98. The molecular formula is C5H9O. The minimum atomic E-state index is 0.0182. The minimum Gasteiger partial charge on any atom is -0.236 e. The summed E-state index contributed by atoms with van der Waals surface area (Å²) >= 11 is 0. The van der Waals surface area contributed by atoms with Crippen molar-refractivity contribution < 1.29 is 5.11 Å². The Balaban J connectivity index is 2.66. The van der Waals surface area contributed by atoms with E-state index in [1.54, 1.807) is 0 Å². The maximum atomic E-state index is 9.64. The fourth-order valence-electron chi connectivity index (χ4n) is 0.235. The zero-order valence-corrected chi connectivity index (χ0v) is 3.98. The predicted molar refractivity (Wildman–Crippen MR) is 25.0 cm³/mol. The molecule has 0 fully saturated rings. The smallest absolute Gasteiger partial charge is 0.0856 e. The molecule has 0 spiro atoms. The average molecular weight is 85.1 g/mol. The lowest BCUT2D eigenvalue weighted by Crippen LogP contribution is -1.70. The van der Waals surface area contributed by atoms with Crippen molar-refractivity contribution in [3.8, 4) is 0 Å². The van der Waals surface area contributed by atoms with Crippen LogP contribution in [-0.2, 0) is 5.11 Å². The van der Waals surface area contributed by atoms with Crippen LogP contribution < -0.4 is 0 Å². The van der Waals surface area contributed by atoms with Gasteiger partial charge in [-0.25, -0.2) is 5.11 Å². The Morgan fingerprint density at radius 2 is 2.33 bits per heavy atom. The van der Waals surface area contributed by atoms with E-state index in [1.165, 1.54) is 0 Å². The summed E-state index contributed by atoms with van der Waals surface area (Å²) in [5, 5.41) is 9.64. The topological polar surface area (TPSA) is 19.9 Å². The van der Waals surface area contributed by atoms with Gasteiger partial charge in [-0.15, -0.1) is 0 Å². The van der Waals surface area contributed by atoms with Crippen LogP contribution in [0.4, 0.5) is 0 Å². The molecule has 0 atom stereocenters. The molecule has 0 rings (SSSR count). The van der Waals surface area contributed by atoms with Crippen LogP contribution >= 0.6 is 0 Å². The van der Waals surface area contributed by atoms with Crippen LogP contribution in [0.2, 0.25) is 0 Å². The molecule has 1 heteroatoms. The van der Waals surface area contributed by atoms with Crippen LogP contribution in [0.5, 0.6) is 0 Å². The number of hydrogen-bond donors (Lipinski definition) is 0. The molecule has 0 N–H and O–H groups in total. The average Bonchev–Trinajstić information content (AvgIpc) is 1.61. The van der Waals surface area contributed by atoms with Crippen molar-refractivity contribution in [2.24, 2.45) is 0 Å². The first-order valence-electron chi connectivity index (χ1n) is 2.11. The SMILES string of the molecule is C/C=C\CC[O]. The van der Waals surface area contributed by atoms with E-state index >= 15 is 0 Å². The summed E-state index contributed by atoms with van der Waals surface area (Å²) < 4.78 is 0. The van der Waals surface area contributed by atoms with E-state index in [0.717, 1.165) is 0 Å². The Morgan fingerprint density at radius 3 is 2.50 bits per heavy atom. The van der Waals surface area contributed by atoms with Crippen LogP contribution in [0.25, 0.3) is 0 Å². The van der Waals surface area contributed by atoms with Crippen molar-refractivity contribution in [2.75, 3.05) is 6.61 Å². The third kappa shape index (κ3) is 3.70. The molecule has 0 saturated carbocycles. The summed E-state index contributed by atoms with van der Waals surface area (Å²) in [4.78, 5) is 0. The molecule has 0 aliphatic heterocycles. The third-order valence-electron chi connectivity index (χ3n) is 0.520. The van der Waals surface area contributed by atoms with E-state index in [4.69, 9.17) is 0 Å². The maximum absolute atomic E-state index is 9.64. The summed E-state index contributed by atoms with van der Waals surface area (Å²) in [6.07, 6.45) is 4.43. The summed E-state index contributed by atoms with van der Waals surface area (Å²) in [5.74, 6) is 0. The molecule has 35 valence electrons. The lowest BCUT2D eigenvalue weighted by molar-refractivity contribution is 0.199. The largest absolute Gasteiger partial charge is 0.236 e. The second-order valence-corrected chi connectivity index (χ2v) is 1.06. The van der Waals surface area contributed by atoms with Gasteiger partial charge in [0, 0.05) is 0 Å². The van der Waals surface area contributed by atoms with Gasteiger partial charge in [0.05, 0.1) is 6.61 Å². The highest BCUT2D eigenvalue weighted by Gasteiger charge is 1.68. The number of rotatable bonds is 2. The molecule has 0 saturated heterocycles. The molecule has 0 aromatic rings. The van der Waals surface area contributed by atoms with Crippen molar-refractivity contribution in [3.63, 3.8) is 0 Å². The minimum absolute atomic E-state index is 0.0182. The molecule has 0 amide bonds. The predicted octanol–water partition coefficient (Wildman–Crippen LogP) is 1.38. The number of hydrogen-bond acceptors (Lipinski definition) is 0. The highest BCUT2D eigenvalue weighted by Crippen LogP contribution is 1.76. The van der Waals surface area contributed by atoms with Crippen molar-refractivity contribution in [2.45, 2.75) is 13.3 Å². The van der Waals surface area contributed by atoms with Gasteiger partial charge in [-0.05, 0) is 13.3 Å². The van der Waals surface area contributed by atoms with Crippen LogP contribution in [0.15, 0.2) is 12.2 Å². The quantitative estimate of drug-likeness (QED) is 0.451. The van der Waals surface area contributed by atoms with Gasteiger partial charge in [-0.3, -0.25) is 0 Å². The molecule has 0 heterocycles. The Labute approximate surface area is 38.3 Å². The van der Waals surface area contributed by atoms with Crippen molar-refractivity contribution in [1.82, 2.24) is 0 Å². The lowest BCUT2D eigenvalue weighted by Gasteiger charge is -1.73. The van der Waals surface area contributed by atoms with Gasteiger partial charge in [0.15, 0.2) is 0 Å². The van der Waals surface area contributed by atoms with Crippen LogP contribution in [0.3, 0.4) is 0 Å². The second-order valence-electron chi connectivity index (χ2n) is 1.06. The summed E-state index contributed by atoms with van der Waals surface area (Å²) in [5.41, 5.74) is 0. The summed E-state index contributed by atoms with van der Waals surface area (Å²) in [7, 11) is 0. The first-order valence-corrected chi connectivity index (χ1v) is 2.11. The fourth-order valence-corrected chi connectivity index (χ4v) is 0.235. The maximum Gasteiger partial charge on any atom is 0.0856 e. The molecule has 0 unspecified atom stereocenters. The van der Waals surface area contributed by atoms with E-state index in [1.807, 2.05) is 19.1 Å². The van der Waals surface area contributed by atoms with Gasteiger partial charge in [0.25, 0.3) is 0 Å². The highest BCUT2D eigenvalue weighted by molar-refractivity contribution is 4.75. The third-order valence-corrected chi connectivity index (χ3v) is 0.520. The Bertz CT molecular complexity index is 39.2. The Morgan fingerprint density at radius 1 is 1.67 bits per heavy atom. The molecule has 0 aliphatic rings. The van der Waals surface area contributed by atoms with Crippen molar-refractivity contribution >= 4 is 0 Å². The zero-order chi connectivity index (χ0) is 4.83. The molecule has 0 aromatic heterocycles. The van der Waals surface area contributed by atoms with E-state index < -0.39 is 0 Å². The second kappa shape index (κ2) is 4.70. The first-order chi connectivity index (χ1) is 2.91. The van der Waals surface area contributed by atoms with Gasteiger partial charge in [-0.1, -0.05) is 12.2 Å². The van der Waals surface area contributed by atoms with Gasteiger partial charge < -0.3 is 0 Å². The molecule has 0 aliphatic carbocycles. The summed E-state index contributed by atoms with van der Waals surface area (Å²) in [6, 6.07) is 0. The molecule has 1 nitrogen and oxygen atoms in total. The van der Waals surface area contributed by atoms with Crippen molar-refractivity contribution in [3.05, 3.63) is 12.2 Å². The van der Waals surface area contributed by atoms with Gasteiger partial charge in [0.1, 0.15) is 0 Å². The van der Waals surface area contributed by atoms with E-state index in [9.17, 15) is 5.11 Å². The summed E-state index contributed by atoms with van der Waals surface area (Å²) in [6.45, 7) is 1.93. The standard InChI is InChI=1S/C5H9O/c1-2-3-4-5-6/h2-3H,4-5H2,1H3/b3-2-. The Kier molecular flexibility index (Phi) is 4.46. The van der Waals surface area contributed by atoms with Gasteiger partial charge >= 0.3 is 0 Å². The fraction of sp³-hybridized carbons (Fsp3) is 0.600. The van der Waals surface area contributed by atoms with E-state index in [0.29, 0.717) is 6.42 Å². The van der Waals surface area contributed by atoms with E-state index in [-0.39, 0.29) is 6.61 Å². The van der Waals surface area contributed by atoms with Crippen LogP contribution in [-0.4, -0.2) is 6.61 Å². The first kappa shape index (κ1) is 5.70. The van der Waals surface area contributed by atoms with Crippen LogP contribution in [0.1, 0.15) is 13.3 Å². The lowest BCUT2D eigenvalue weighted by atomic mass is 10.4. The normalized spacial score (nSPS) is 10.3. The van der Waals surface area contributed by atoms with Gasteiger partial charge in [-0.2, -0.15) is 0 Å². The monoisotopic (exact) mass is 85.1 g/mol. The molecule has 0 aromatic carbocycles. The molecule has 0 bridgehead atoms. The number of allylic oxidation sites excluding steroid dienone is 1. The van der Waals surface area contributed by atoms with E-state index in [2.05, 4.69) is 0 Å². The van der Waals surface area contributed by atoms with Crippen LogP contribution in [0, 0.1) is 0 Å². The van der Waals surface area contributed by atoms with Gasteiger partial charge in [0.2, 0.25) is 0 Å². The highest BCUT2D eigenvalue weighted by atomic mass is 16.2.